The Morgan fingerprint density at radius 2 is 1.95 bits per heavy atom. The number of carbonyl (C=O) groups is 1. The van der Waals surface area contributed by atoms with E-state index in [2.05, 4.69) is 12.2 Å². The first kappa shape index (κ1) is 15.6. The minimum Gasteiger partial charge on any atom is -0.497 e. The van der Waals surface area contributed by atoms with Crippen molar-refractivity contribution in [2.24, 2.45) is 0 Å². The molecule has 1 N–H and O–H groups in total. The van der Waals surface area contributed by atoms with Crippen LogP contribution in [0.5, 0.6) is 11.5 Å². The molecule has 1 amide bonds. The van der Waals surface area contributed by atoms with Crippen molar-refractivity contribution in [3.05, 3.63) is 23.8 Å². The molecule has 1 fully saturated rings. The maximum absolute atomic E-state index is 12.7. The summed E-state index contributed by atoms with van der Waals surface area (Å²) >= 11 is 0. The molecular formula is C16H24N2O3. The van der Waals surface area contributed by atoms with Crippen LogP contribution in [-0.2, 0) is 0 Å². The molecule has 0 aromatic heterocycles. The fourth-order valence-electron chi connectivity index (χ4n) is 2.73. The number of nitrogens with zero attached hydrogens (tertiary/aromatic N) is 1. The third-order valence-electron chi connectivity index (χ3n) is 3.80. The van der Waals surface area contributed by atoms with Gasteiger partial charge in [-0.3, -0.25) is 4.79 Å². The number of hydrogen-bond donors (Lipinski definition) is 1. The Hall–Kier alpha value is -1.75. The highest BCUT2D eigenvalue weighted by atomic mass is 16.5. The summed E-state index contributed by atoms with van der Waals surface area (Å²) in [4.78, 5) is 14.6. The van der Waals surface area contributed by atoms with Gasteiger partial charge in [-0.25, -0.2) is 0 Å². The SMILES string of the molecule is CCNC1CCCN(C(=O)c2cc(OC)cc(OC)c2)C1. The van der Waals surface area contributed by atoms with Gasteiger partial charge in [0.2, 0.25) is 0 Å². The predicted octanol–water partition coefficient (Wildman–Crippen LogP) is 1.92. The molecule has 1 heterocycles. The van der Waals surface area contributed by atoms with E-state index in [0.717, 1.165) is 32.5 Å². The average molecular weight is 292 g/mol. The van der Waals surface area contributed by atoms with Gasteiger partial charge in [-0.15, -0.1) is 0 Å². The van der Waals surface area contributed by atoms with E-state index in [1.165, 1.54) is 0 Å². The maximum Gasteiger partial charge on any atom is 0.254 e. The highest BCUT2D eigenvalue weighted by Gasteiger charge is 2.24. The van der Waals surface area contributed by atoms with Crippen molar-refractivity contribution in [2.75, 3.05) is 33.9 Å². The van der Waals surface area contributed by atoms with E-state index < -0.39 is 0 Å². The lowest BCUT2D eigenvalue weighted by Gasteiger charge is -2.33. The van der Waals surface area contributed by atoms with E-state index in [0.29, 0.717) is 23.1 Å². The van der Waals surface area contributed by atoms with E-state index in [1.54, 1.807) is 32.4 Å². The zero-order valence-corrected chi connectivity index (χ0v) is 13.0. The Morgan fingerprint density at radius 3 is 2.52 bits per heavy atom. The van der Waals surface area contributed by atoms with Crippen LogP contribution >= 0.6 is 0 Å². The quantitative estimate of drug-likeness (QED) is 0.901. The molecule has 0 saturated carbocycles. The second-order valence-corrected chi connectivity index (χ2v) is 5.25. The molecule has 5 nitrogen and oxygen atoms in total. The summed E-state index contributed by atoms with van der Waals surface area (Å²) in [5.41, 5.74) is 0.614. The fraction of sp³-hybridized carbons (Fsp3) is 0.562. The summed E-state index contributed by atoms with van der Waals surface area (Å²) in [6, 6.07) is 5.69. The molecule has 5 heteroatoms. The zero-order chi connectivity index (χ0) is 15.2. The number of amides is 1. The van der Waals surface area contributed by atoms with Gasteiger partial charge in [0.05, 0.1) is 14.2 Å². The molecule has 2 rings (SSSR count). The van der Waals surface area contributed by atoms with E-state index in [4.69, 9.17) is 9.47 Å². The molecule has 0 bridgehead atoms. The molecule has 116 valence electrons. The van der Waals surface area contributed by atoms with Gasteiger partial charge in [0.1, 0.15) is 11.5 Å². The Balaban J connectivity index is 2.15. The molecule has 1 aromatic rings. The smallest absolute Gasteiger partial charge is 0.254 e. The van der Waals surface area contributed by atoms with Crippen LogP contribution in [0.3, 0.4) is 0 Å². The minimum absolute atomic E-state index is 0.0369. The molecule has 1 aromatic carbocycles. The zero-order valence-electron chi connectivity index (χ0n) is 13.0. The van der Waals surface area contributed by atoms with Gasteiger partial charge in [0, 0.05) is 30.8 Å². The first-order valence-corrected chi connectivity index (χ1v) is 7.43. The Morgan fingerprint density at radius 1 is 1.29 bits per heavy atom. The molecule has 21 heavy (non-hydrogen) atoms. The van der Waals surface area contributed by atoms with Gasteiger partial charge in [0.15, 0.2) is 0 Å². The molecule has 0 aliphatic carbocycles. The predicted molar refractivity (Wildman–Crippen MR) is 82.1 cm³/mol. The number of carbonyl (C=O) groups excluding carboxylic acids is 1. The number of nitrogens with one attached hydrogen (secondary N) is 1. The molecular weight excluding hydrogens is 268 g/mol. The number of ether oxygens (including phenoxy) is 2. The number of benzene rings is 1. The summed E-state index contributed by atoms with van der Waals surface area (Å²) in [6.07, 6.45) is 2.16. The molecule has 1 unspecified atom stereocenters. The fourth-order valence-corrected chi connectivity index (χ4v) is 2.73. The van der Waals surface area contributed by atoms with Crippen LogP contribution < -0.4 is 14.8 Å². The standard InChI is InChI=1S/C16H24N2O3/c1-4-17-13-6-5-7-18(11-13)16(19)12-8-14(20-2)10-15(9-12)21-3/h8-10,13,17H,4-7,11H2,1-3H3. The molecule has 0 radical (unpaired) electrons. The van der Waals surface area contributed by atoms with Crippen molar-refractivity contribution in [3.8, 4) is 11.5 Å². The van der Waals surface area contributed by atoms with Gasteiger partial charge in [-0.2, -0.15) is 0 Å². The van der Waals surface area contributed by atoms with Crippen LogP contribution in [-0.4, -0.2) is 50.7 Å². The van der Waals surface area contributed by atoms with Crippen molar-refractivity contribution >= 4 is 5.91 Å². The molecule has 0 spiro atoms. The highest BCUT2D eigenvalue weighted by Crippen LogP contribution is 2.24. The first-order chi connectivity index (χ1) is 10.2. The van der Waals surface area contributed by atoms with Crippen molar-refractivity contribution in [1.82, 2.24) is 10.2 Å². The highest BCUT2D eigenvalue weighted by molar-refractivity contribution is 5.95. The van der Waals surface area contributed by atoms with Crippen molar-refractivity contribution in [3.63, 3.8) is 0 Å². The van der Waals surface area contributed by atoms with E-state index >= 15 is 0 Å². The second-order valence-electron chi connectivity index (χ2n) is 5.25. The average Bonchev–Trinajstić information content (AvgIpc) is 2.54. The largest absolute Gasteiger partial charge is 0.497 e. The van der Waals surface area contributed by atoms with Crippen LogP contribution in [0.4, 0.5) is 0 Å². The van der Waals surface area contributed by atoms with Gasteiger partial charge >= 0.3 is 0 Å². The molecule has 1 saturated heterocycles. The lowest BCUT2D eigenvalue weighted by Crippen LogP contribution is -2.47. The lowest BCUT2D eigenvalue weighted by molar-refractivity contribution is 0.0695. The number of piperidine rings is 1. The van der Waals surface area contributed by atoms with E-state index in [-0.39, 0.29) is 5.91 Å². The number of rotatable bonds is 5. The Bertz CT molecular complexity index is 466. The number of methoxy groups -OCH3 is 2. The molecule has 1 atom stereocenters. The summed E-state index contributed by atoms with van der Waals surface area (Å²) in [5.74, 6) is 1.31. The Kier molecular flexibility index (Phi) is 5.44. The minimum atomic E-state index is 0.0369. The maximum atomic E-state index is 12.7. The number of likely N-dealkylation sites (N-methyl/N-ethyl adjacent to an activating group) is 1. The van der Waals surface area contributed by atoms with E-state index in [9.17, 15) is 4.79 Å². The number of hydrogen-bond acceptors (Lipinski definition) is 4. The third-order valence-corrected chi connectivity index (χ3v) is 3.80. The van der Waals surface area contributed by atoms with Crippen LogP contribution in [0.25, 0.3) is 0 Å². The van der Waals surface area contributed by atoms with Gasteiger partial charge in [-0.05, 0) is 31.5 Å². The lowest BCUT2D eigenvalue weighted by atomic mass is 10.0. The number of likely N-dealkylation sites (tertiary alicyclic amines) is 1. The van der Waals surface area contributed by atoms with Crippen LogP contribution in [0, 0.1) is 0 Å². The van der Waals surface area contributed by atoms with Crippen LogP contribution in [0.1, 0.15) is 30.1 Å². The Labute approximate surface area is 126 Å². The normalized spacial score (nSPS) is 18.4. The van der Waals surface area contributed by atoms with Gasteiger partial charge in [-0.1, -0.05) is 6.92 Å². The summed E-state index contributed by atoms with van der Waals surface area (Å²) in [5, 5.41) is 3.42. The van der Waals surface area contributed by atoms with Gasteiger partial charge in [0.25, 0.3) is 5.91 Å². The van der Waals surface area contributed by atoms with Crippen LogP contribution in [0.15, 0.2) is 18.2 Å². The third kappa shape index (κ3) is 3.88. The summed E-state index contributed by atoms with van der Waals surface area (Å²) in [7, 11) is 3.18. The first-order valence-electron chi connectivity index (χ1n) is 7.43. The monoisotopic (exact) mass is 292 g/mol. The van der Waals surface area contributed by atoms with Crippen molar-refractivity contribution < 1.29 is 14.3 Å². The summed E-state index contributed by atoms with van der Waals surface area (Å²) in [6.45, 7) is 4.58. The summed E-state index contributed by atoms with van der Waals surface area (Å²) < 4.78 is 10.5. The van der Waals surface area contributed by atoms with Gasteiger partial charge < -0.3 is 19.7 Å². The second kappa shape index (κ2) is 7.31. The van der Waals surface area contributed by atoms with Crippen molar-refractivity contribution in [2.45, 2.75) is 25.8 Å². The van der Waals surface area contributed by atoms with E-state index in [1.807, 2.05) is 4.90 Å². The molecule has 1 aliphatic heterocycles. The molecule has 1 aliphatic rings. The van der Waals surface area contributed by atoms with Crippen LogP contribution in [0.2, 0.25) is 0 Å². The van der Waals surface area contributed by atoms with Crippen molar-refractivity contribution in [1.29, 1.82) is 0 Å². The topological polar surface area (TPSA) is 50.8 Å².